The molecule has 6 N–H and O–H groups in total. The predicted molar refractivity (Wildman–Crippen MR) is 128 cm³/mol. The van der Waals surface area contributed by atoms with Crippen LogP contribution in [0.5, 0.6) is 5.75 Å². The Morgan fingerprint density at radius 3 is 2.70 bits per heavy atom. The molecule has 0 spiro atoms. The summed E-state index contributed by atoms with van der Waals surface area (Å²) in [5, 5.41) is 13.8. The van der Waals surface area contributed by atoms with E-state index in [1.807, 2.05) is 36.0 Å². The van der Waals surface area contributed by atoms with Crippen molar-refractivity contribution in [3.8, 4) is 5.75 Å². The highest BCUT2D eigenvalue weighted by atomic mass is 16.3. The molecular formula is C25H30N7O+. The van der Waals surface area contributed by atoms with Gasteiger partial charge in [-0.3, -0.25) is 0 Å². The van der Waals surface area contributed by atoms with Gasteiger partial charge in [0, 0.05) is 42.2 Å². The topological polar surface area (TPSA) is 106 Å². The molecule has 0 aliphatic carbocycles. The highest BCUT2D eigenvalue weighted by molar-refractivity contribution is 5.87. The van der Waals surface area contributed by atoms with Crippen LogP contribution < -0.4 is 21.1 Å². The molecule has 1 saturated heterocycles. The molecule has 8 nitrogen and oxygen atoms in total. The molecule has 3 aliphatic heterocycles. The first-order valence-corrected chi connectivity index (χ1v) is 11.8. The molecular weight excluding hydrogens is 414 g/mol. The van der Waals surface area contributed by atoms with E-state index in [9.17, 15) is 5.11 Å². The van der Waals surface area contributed by atoms with Crippen LogP contribution in [-0.4, -0.2) is 39.7 Å². The van der Waals surface area contributed by atoms with Gasteiger partial charge < -0.3 is 20.3 Å². The fourth-order valence-electron chi connectivity index (χ4n) is 5.44. The summed E-state index contributed by atoms with van der Waals surface area (Å²) in [6.07, 6.45) is 9.41. The van der Waals surface area contributed by atoms with Gasteiger partial charge in [-0.1, -0.05) is 12.1 Å². The lowest BCUT2D eigenvalue weighted by Crippen LogP contribution is -2.88. The van der Waals surface area contributed by atoms with Crippen molar-refractivity contribution in [2.75, 3.05) is 24.5 Å². The molecule has 8 heteroatoms. The number of H-pyrrole nitrogens is 1. The molecule has 1 atom stereocenters. The number of rotatable bonds is 3. The second-order valence-electron chi connectivity index (χ2n) is 9.17. The Kier molecular flexibility index (Phi) is 5.04. The molecule has 0 amide bonds. The van der Waals surface area contributed by atoms with Crippen molar-refractivity contribution in [3.63, 3.8) is 0 Å². The number of aromatic hydroxyl groups is 1. The summed E-state index contributed by atoms with van der Waals surface area (Å²) in [5.41, 5.74) is 12.0. The van der Waals surface area contributed by atoms with Crippen molar-refractivity contribution >= 4 is 23.5 Å². The lowest BCUT2D eigenvalue weighted by Gasteiger charge is -2.34. The number of nitrogens with zero attached hydrogens (tertiary/aromatic N) is 3. The number of piperidine rings is 1. The molecule has 0 radical (unpaired) electrons. The molecule has 1 aromatic carbocycles. The van der Waals surface area contributed by atoms with Crippen LogP contribution >= 0.6 is 0 Å². The third kappa shape index (κ3) is 3.55. The van der Waals surface area contributed by atoms with Crippen LogP contribution in [0, 0.1) is 0 Å². The number of aromatic nitrogens is 3. The Balaban J connectivity index is 1.30. The normalized spacial score (nSPS) is 20.6. The van der Waals surface area contributed by atoms with E-state index in [2.05, 4.69) is 33.6 Å². The third-order valence-corrected chi connectivity index (χ3v) is 7.26. The van der Waals surface area contributed by atoms with Crippen LogP contribution in [0.1, 0.15) is 59.7 Å². The maximum Gasteiger partial charge on any atom is 0.234 e. The Morgan fingerprint density at radius 2 is 1.91 bits per heavy atom. The number of fused-ring (bicyclic) bond motifs is 3. The van der Waals surface area contributed by atoms with Gasteiger partial charge in [-0.25, -0.2) is 15.4 Å². The van der Waals surface area contributed by atoms with Crippen molar-refractivity contribution in [2.24, 2.45) is 0 Å². The van der Waals surface area contributed by atoms with Gasteiger partial charge in [-0.05, 0) is 62.5 Å². The standard InChI is InChI=1S/C25H29N7O/c1-15-23-19-12-21(18-4-2-3-5-22(18)33)30-31-24(19)29-20(23)8-11-32(15)25-27-13-17(14-28-25)16-6-9-26-10-7-16/h2-5,12-16,26,29-31,33H,6-11H2,1H3/p+1/t15-/m0/s1. The summed E-state index contributed by atoms with van der Waals surface area (Å²) in [4.78, 5) is 15.5. The summed E-state index contributed by atoms with van der Waals surface area (Å²) in [6.45, 7) is 5.24. The SMILES string of the molecule is C[C@H]1c2c([nH]c3c2C=C(c2ccccc2O)N[NH2+]3)CCN1c1ncc(C2CCNCC2)cn1. The molecule has 3 aliphatic rings. The highest BCUT2D eigenvalue weighted by Gasteiger charge is 2.34. The van der Waals surface area contributed by atoms with Gasteiger partial charge in [0.2, 0.25) is 11.8 Å². The van der Waals surface area contributed by atoms with Crippen LogP contribution in [0.25, 0.3) is 11.8 Å². The number of anilines is 1. The van der Waals surface area contributed by atoms with Crippen molar-refractivity contribution < 1.29 is 10.5 Å². The van der Waals surface area contributed by atoms with E-state index in [1.54, 1.807) is 6.07 Å². The predicted octanol–water partition coefficient (Wildman–Crippen LogP) is 2.31. The zero-order valence-electron chi connectivity index (χ0n) is 18.8. The number of benzene rings is 1. The van der Waals surface area contributed by atoms with Crippen molar-refractivity contribution in [1.82, 2.24) is 25.7 Å². The number of hydrogen-bond donors (Lipinski definition) is 5. The van der Waals surface area contributed by atoms with Gasteiger partial charge in [0.15, 0.2) is 0 Å². The van der Waals surface area contributed by atoms with E-state index in [0.717, 1.165) is 61.9 Å². The molecule has 170 valence electrons. The largest absolute Gasteiger partial charge is 0.507 e. The molecule has 1 fully saturated rings. The minimum absolute atomic E-state index is 0.145. The van der Waals surface area contributed by atoms with E-state index in [1.165, 1.54) is 22.4 Å². The minimum Gasteiger partial charge on any atom is -0.507 e. The zero-order chi connectivity index (χ0) is 22.4. The van der Waals surface area contributed by atoms with Gasteiger partial charge in [0.25, 0.3) is 0 Å². The number of para-hydroxylation sites is 1. The summed E-state index contributed by atoms with van der Waals surface area (Å²) in [5.74, 6) is 2.71. The fraction of sp³-hybridized carbons (Fsp3) is 0.360. The Bertz CT molecular complexity index is 1190. The summed E-state index contributed by atoms with van der Waals surface area (Å²) >= 11 is 0. The molecule has 0 unspecified atom stereocenters. The second kappa shape index (κ2) is 8.20. The maximum absolute atomic E-state index is 10.3. The van der Waals surface area contributed by atoms with Gasteiger partial charge in [-0.2, -0.15) is 5.43 Å². The first-order valence-electron chi connectivity index (χ1n) is 11.8. The molecule has 2 aromatic heterocycles. The van der Waals surface area contributed by atoms with E-state index < -0.39 is 0 Å². The Labute approximate surface area is 193 Å². The quantitative estimate of drug-likeness (QED) is 0.397. The molecule has 6 rings (SSSR count). The first-order chi connectivity index (χ1) is 16.2. The Morgan fingerprint density at radius 1 is 1.12 bits per heavy atom. The van der Waals surface area contributed by atoms with Crippen LogP contribution in [-0.2, 0) is 6.42 Å². The molecule has 0 bridgehead atoms. The summed E-state index contributed by atoms with van der Waals surface area (Å²) in [7, 11) is 0. The van der Waals surface area contributed by atoms with Crippen LogP contribution in [0.15, 0.2) is 36.7 Å². The monoisotopic (exact) mass is 444 g/mol. The smallest absolute Gasteiger partial charge is 0.234 e. The molecule has 5 heterocycles. The molecule has 0 saturated carbocycles. The third-order valence-electron chi connectivity index (χ3n) is 7.26. The summed E-state index contributed by atoms with van der Waals surface area (Å²) in [6, 6.07) is 7.57. The lowest BCUT2D eigenvalue weighted by molar-refractivity contribution is -0.623. The number of phenolic OH excluding ortho intramolecular Hbond substituents is 1. The van der Waals surface area contributed by atoms with E-state index >= 15 is 0 Å². The van der Waals surface area contributed by atoms with E-state index in [4.69, 9.17) is 9.97 Å². The van der Waals surface area contributed by atoms with Crippen LogP contribution in [0.3, 0.4) is 0 Å². The number of quaternary nitrogens is 1. The average Bonchev–Trinajstić information content (AvgIpc) is 3.24. The van der Waals surface area contributed by atoms with Crippen LogP contribution in [0.4, 0.5) is 11.8 Å². The first kappa shape index (κ1) is 20.3. The summed E-state index contributed by atoms with van der Waals surface area (Å²) < 4.78 is 0. The molecule has 33 heavy (non-hydrogen) atoms. The number of aromatic amines is 1. The number of phenols is 1. The van der Waals surface area contributed by atoms with Crippen molar-refractivity contribution in [3.05, 3.63) is 64.6 Å². The number of nitrogens with two attached hydrogens (primary N) is 1. The average molecular weight is 445 g/mol. The Hall–Kier alpha value is -3.36. The lowest BCUT2D eigenvalue weighted by atomic mass is 9.92. The van der Waals surface area contributed by atoms with Gasteiger partial charge in [0.1, 0.15) is 5.75 Å². The van der Waals surface area contributed by atoms with Gasteiger partial charge in [0.05, 0.1) is 17.3 Å². The minimum atomic E-state index is 0.145. The highest BCUT2D eigenvalue weighted by Crippen LogP contribution is 2.39. The van der Waals surface area contributed by atoms with E-state index in [-0.39, 0.29) is 11.8 Å². The van der Waals surface area contributed by atoms with E-state index in [0.29, 0.717) is 5.92 Å². The van der Waals surface area contributed by atoms with Crippen molar-refractivity contribution in [2.45, 2.75) is 38.1 Å². The zero-order valence-corrected chi connectivity index (χ0v) is 18.8. The van der Waals surface area contributed by atoms with Crippen molar-refractivity contribution in [1.29, 1.82) is 0 Å². The fourth-order valence-corrected chi connectivity index (χ4v) is 5.44. The maximum atomic E-state index is 10.3. The molecule has 3 aromatic rings. The second-order valence-corrected chi connectivity index (χ2v) is 9.17. The number of nitrogens with one attached hydrogen (secondary N) is 3. The number of hydrogen-bond acceptors (Lipinski definition) is 6. The van der Waals surface area contributed by atoms with Crippen LogP contribution in [0.2, 0.25) is 0 Å². The van der Waals surface area contributed by atoms with Gasteiger partial charge in [-0.15, -0.1) is 0 Å². The van der Waals surface area contributed by atoms with Gasteiger partial charge >= 0.3 is 0 Å².